The van der Waals surface area contributed by atoms with E-state index >= 15 is 0 Å². The first-order valence-electron chi connectivity index (χ1n) is 8.65. The van der Waals surface area contributed by atoms with Crippen molar-refractivity contribution in [3.63, 3.8) is 0 Å². The predicted octanol–water partition coefficient (Wildman–Crippen LogP) is 4.18. The number of nitrogens with zero attached hydrogens (tertiary/aromatic N) is 2. The SMILES string of the molecule is Brc1ccccc1.CC(=O)N(C)C1CCCC2CCCN(C)C21. The van der Waals surface area contributed by atoms with E-state index in [1.807, 2.05) is 42.3 Å². The quantitative estimate of drug-likeness (QED) is 0.729. The highest BCUT2D eigenvalue weighted by Crippen LogP contribution is 2.36. The first-order valence-corrected chi connectivity index (χ1v) is 9.44. The van der Waals surface area contributed by atoms with Gasteiger partial charge in [-0.05, 0) is 57.3 Å². The summed E-state index contributed by atoms with van der Waals surface area (Å²) in [5.41, 5.74) is 0. The number of carbonyl (C=O) groups is 1. The molecule has 4 heteroatoms. The molecule has 2 aliphatic rings. The summed E-state index contributed by atoms with van der Waals surface area (Å²) in [5, 5.41) is 0. The lowest BCUT2D eigenvalue weighted by Crippen LogP contribution is -2.58. The van der Waals surface area contributed by atoms with Crippen LogP contribution < -0.4 is 0 Å². The predicted molar refractivity (Wildman–Crippen MR) is 99.4 cm³/mol. The van der Waals surface area contributed by atoms with E-state index in [2.05, 4.69) is 27.9 Å². The molecule has 1 aliphatic heterocycles. The van der Waals surface area contributed by atoms with Gasteiger partial charge in [0.05, 0.1) is 0 Å². The van der Waals surface area contributed by atoms with Crippen molar-refractivity contribution >= 4 is 21.8 Å². The van der Waals surface area contributed by atoms with Gasteiger partial charge in [0.25, 0.3) is 0 Å². The second kappa shape index (κ2) is 8.84. The van der Waals surface area contributed by atoms with E-state index in [0.29, 0.717) is 12.1 Å². The number of likely N-dealkylation sites (N-methyl/N-ethyl adjacent to an activating group) is 2. The Morgan fingerprint density at radius 3 is 2.39 bits per heavy atom. The van der Waals surface area contributed by atoms with Crippen molar-refractivity contribution in [3.8, 4) is 0 Å². The van der Waals surface area contributed by atoms with Crippen molar-refractivity contribution in [2.24, 2.45) is 5.92 Å². The first-order chi connectivity index (χ1) is 11.0. The Morgan fingerprint density at radius 2 is 1.83 bits per heavy atom. The van der Waals surface area contributed by atoms with Crippen molar-refractivity contribution in [1.82, 2.24) is 9.80 Å². The van der Waals surface area contributed by atoms with Crippen LogP contribution >= 0.6 is 15.9 Å². The Bertz CT molecular complexity index is 491. The normalized spacial score (nSPS) is 27.4. The van der Waals surface area contributed by atoms with Crippen LogP contribution in [0.5, 0.6) is 0 Å². The van der Waals surface area contributed by atoms with Gasteiger partial charge in [-0.2, -0.15) is 0 Å². The molecule has 3 unspecified atom stereocenters. The summed E-state index contributed by atoms with van der Waals surface area (Å²) in [7, 11) is 4.20. The Hall–Kier alpha value is -0.870. The standard InChI is InChI=1S/C13H24N2O.C6H5Br/c1-10(16)15(3)12-8-4-6-11-7-5-9-14(2)13(11)12;7-6-4-2-1-3-5-6/h11-13H,4-9H2,1-3H3;1-5H. The van der Waals surface area contributed by atoms with Gasteiger partial charge in [0.15, 0.2) is 0 Å². The number of fused-ring (bicyclic) bond motifs is 1. The summed E-state index contributed by atoms with van der Waals surface area (Å²) in [4.78, 5) is 16.0. The Balaban J connectivity index is 0.000000229. The molecule has 1 amide bonds. The maximum absolute atomic E-state index is 11.5. The van der Waals surface area contributed by atoms with Gasteiger partial charge >= 0.3 is 0 Å². The molecule has 23 heavy (non-hydrogen) atoms. The summed E-state index contributed by atoms with van der Waals surface area (Å²) < 4.78 is 1.13. The highest BCUT2D eigenvalue weighted by atomic mass is 79.9. The van der Waals surface area contributed by atoms with Crippen molar-refractivity contribution in [2.75, 3.05) is 20.6 Å². The summed E-state index contributed by atoms with van der Waals surface area (Å²) >= 11 is 3.31. The van der Waals surface area contributed by atoms with Crippen LogP contribution in [0.25, 0.3) is 0 Å². The van der Waals surface area contributed by atoms with E-state index in [1.54, 1.807) is 6.92 Å². The van der Waals surface area contributed by atoms with E-state index in [0.717, 1.165) is 10.4 Å². The second-order valence-electron chi connectivity index (χ2n) is 6.80. The highest BCUT2D eigenvalue weighted by Gasteiger charge is 2.40. The molecule has 1 aromatic carbocycles. The molecule has 0 radical (unpaired) electrons. The third-order valence-corrected chi connectivity index (χ3v) is 5.80. The lowest BCUT2D eigenvalue weighted by Gasteiger charge is -2.49. The van der Waals surface area contributed by atoms with Crippen LogP contribution in [-0.2, 0) is 4.79 Å². The molecule has 0 bridgehead atoms. The van der Waals surface area contributed by atoms with Gasteiger partial charge in [-0.1, -0.05) is 40.5 Å². The van der Waals surface area contributed by atoms with E-state index in [9.17, 15) is 4.79 Å². The average molecular weight is 381 g/mol. The Kier molecular flexibility index (Phi) is 7.09. The number of rotatable bonds is 1. The lowest BCUT2D eigenvalue weighted by molar-refractivity contribution is -0.133. The van der Waals surface area contributed by atoms with Crippen molar-refractivity contribution in [3.05, 3.63) is 34.8 Å². The largest absolute Gasteiger partial charge is 0.341 e. The number of hydrogen-bond acceptors (Lipinski definition) is 2. The smallest absolute Gasteiger partial charge is 0.219 e. The van der Waals surface area contributed by atoms with Crippen molar-refractivity contribution in [2.45, 2.75) is 51.1 Å². The monoisotopic (exact) mass is 380 g/mol. The van der Waals surface area contributed by atoms with Crippen molar-refractivity contribution in [1.29, 1.82) is 0 Å². The minimum atomic E-state index is 0.213. The number of amides is 1. The van der Waals surface area contributed by atoms with Crippen LogP contribution in [-0.4, -0.2) is 48.4 Å². The van der Waals surface area contributed by atoms with Crippen LogP contribution in [0.1, 0.15) is 39.0 Å². The van der Waals surface area contributed by atoms with Gasteiger partial charge in [0.2, 0.25) is 5.91 Å². The molecule has 128 valence electrons. The number of piperidine rings is 1. The Labute approximate surface area is 149 Å². The zero-order chi connectivity index (χ0) is 16.8. The molecule has 0 N–H and O–H groups in total. The van der Waals surface area contributed by atoms with Crippen LogP contribution in [0.4, 0.5) is 0 Å². The zero-order valence-electron chi connectivity index (χ0n) is 14.5. The third-order valence-electron chi connectivity index (χ3n) is 5.27. The molecule has 1 saturated carbocycles. The molecule has 0 spiro atoms. The van der Waals surface area contributed by atoms with Gasteiger partial charge in [-0.15, -0.1) is 0 Å². The zero-order valence-corrected chi connectivity index (χ0v) is 16.1. The number of halogens is 1. The fourth-order valence-corrected chi connectivity index (χ4v) is 4.34. The molecule has 1 saturated heterocycles. The van der Waals surface area contributed by atoms with Gasteiger partial charge in [0, 0.05) is 30.5 Å². The number of likely N-dealkylation sites (tertiary alicyclic amines) is 1. The van der Waals surface area contributed by atoms with Gasteiger partial charge in [-0.25, -0.2) is 0 Å². The summed E-state index contributed by atoms with van der Waals surface area (Å²) in [6, 6.07) is 11.0. The fourth-order valence-electron chi connectivity index (χ4n) is 4.04. The molecule has 3 nitrogen and oxygen atoms in total. The summed E-state index contributed by atoms with van der Waals surface area (Å²) in [5.74, 6) is 1.03. The van der Waals surface area contributed by atoms with Crippen LogP contribution in [0.15, 0.2) is 34.8 Å². The third kappa shape index (κ3) is 5.05. The Morgan fingerprint density at radius 1 is 1.17 bits per heavy atom. The number of hydrogen-bond donors (Lipinski definition) is 0. The lowest BCUT2D eigenvalue weighted by atomic mass is 9.75. The molecule has 1 aromatic rings. The van der Waals surface area contributed by atoms with Gasteiger partial charge in [-0.3, -0.25) is 4.79 Å². The molecule has 3 rings (SSSR count). The van der Waals surface area contributed by atoms with E-state index in [4.69, 9.17) is 0 Å². The maximum Gasteiger partial charge on any atom is 0.219 e. The number of carbonyl (C=O) groups excluding carboxylic acids is 1. The molecule has 1 heterocycles. The summed E-state index contributed by atoms with van der Waals surface area (Å²) in [6.45, 7) is 2.88. The molecule has 2 fully saturated rings. The fraction of sp³-hybridized carbons (Fsp3) is 0.632. The molecule has 1 aliphatic carbocycles. The summed E-state index contributed by atoms with van der Waals surface area (Å²) in [6.07, 6.45) is 6.52. The van der Waals surface area contributed by atoms with Crippen molar-refractivity contribution < 1.29 is 4.79 Å². The maximum atomic E-state index is 11.5. The van der Waals surface area contributed by atoms with Crippen LogP contribution in [0, 0.1) is 5.92 Å². The number of benzene rings is 1. The second-order valence-corrected chi connectivity index (χ2v) is 7.71. The molecular weight excluding hydrogens is 352 g/mol. The van der Waals surface area contributed by atoms with E-state index in [1.165, 1.54) is 38.6 Å². The minimum Gasteiger partial charge on any atom is -0.341 e. The first kappa shape index (κ1) is 18.5. The topological polar surface area (TPSA) is 23.6 Å². The van der Waals surface area contributed by atoms with E-state index in [-0.39, 0.29) is 5.91 Å². The van der Waals surface area contributed by atoms with Gasteiger partial charge in [0.1, 0.15) is 0 Å². The molecule has 3 atom stereocenters. The van der Waals surface area contributed by atoms with Gasteiger partial charge < -0.3 is 9.80 Å². The average Bonchev–Trinajstić information content (AvgIpc) is 2.55. The highest BCUT2D eigenvalue weighted by molar-refractivity contribution is 9.10. The van der Waals surface area contributed by atoms with Crippen LogP contribution in [0.3, 0.4) is 0 Å². The van der Waals surface area contributed by atoms with Crippen LogP contribution in [0.2, 0.25) is 0 Å². The molecule has 0 aromatic heterocycles. The minimum absolute atomic E-state index is 0.213. The molecular formula is C19H29BrN2O. The van der Waals surface area contributed by atoms with E-state index < -0.39 is 0 Å².